The fourth-order valence-electron chi connectivity index (χ4n) is 4.04. The van der Waals surface area contributed by atoms with Gasteiger partial charge in [0.15, 0.2) is 0 Å². The van der Waals surface area contributed by atoms with Crippen LogP contribution in [0.5, 0.6) is 0 Å². The molecule has 1 amide bonds. The fourth-order valence-corrected chi connectivity index (χ4v) is 5.52. The van der Waals surface area contributed by atoms with Crippen LogP contribution in [0, 0.1) is 11.7 Å². The number of piperazine rings is 1. The van der Waals surface area contributed by atoms with E-state index in [2.05, 4.69) is 10.2 Å². The molecular formula is C20H30FN3O3S. The van der Waals surface area contributed by atoms with E-state index in [1.54, 1.807) is 12.1 Å². The van der Waals surface area contributed by atoms with Gasteiger partial charge in [-0.2, -0.15) is 4.31 Å². The molecule has 0 spiro atoms. The number of sulfonamides is 1. The summed E-state index contributed by atoms with van der Waals surface area (Å²) in [6, 6.07) is 6.26. The highest BCUT2D eigenvalue weighted by Crippen LogP contribution is 2.27. The van der Waals surface area contributed by atoms with Crippen molar-refractivity contribution in [2.24, 2.45) is 5.92 Å². The third-order valence-electron chi connectivity index (χ3n) is 5.67. The van der Waals surface area contributed by atoms with Crippen molar-refractivity contribution in [3.8, 4) is 0 Å². The predicted molar refractivity (Wildman–Crippen MR) is 108 cm³/mol. The Morgan fingerprint density at radius 3 is 2.36 bits per heavy atom. The number of hydrogen-bond acceptors (Lipinski definition) is 4. The maximum absolute atomic E-state index is 13.0. The zero-order valence-corrected chi connectivity index (χ0v) is 17.1. The molecule has 1 aromatic rings. The molecule has 1 aliphatic heterocycles. The lowest BCUT2D eigenvalue weighted by Crippen LogP contribution is -2.49. The van der Waals surface area contributed by atoms with Gasteiger partial charge >= 0.3 is 0 Å². The number of nitrogens with zero attached hydrogens (tertiary/aromatic N) is 2. The molecule has 8 heteroatoms. The third-order valence-corrected chi connectivity index (χ3v) is 7.63. The summed E-state index contributed by atoms with van der Waals surface area (Å²) in [5.41, 5.74) is 0.906. The molecule has 0 aromatic heterocycles. The average Bonchev–Trinajstić information content (AvgIpc) is 3.19. The summed E-state index contributed by atoms with van der Waals surface area (Å²) >= 11 is 0. The van der Waals surface area contributed by atoms with E-state index in [0.29, 0.717) is 51.5 Å². The highest BCUT2D eigenvalue weighted by molar-refractivity contribution is 7.89. The molecule has 6 nitrogen and oxygen atoms in total. The maximum Gasteiger partial charge on any atom is 0.220 e. The van der Waals surface area contributed by atoms with Gasteiger partial charge in [-0.25, -0.2) is 12.8 Å². The summed E-state index contributed by atoms with van der Waals surface area (Å²) in [4.78, 5) is 14.0. The Morgan fingerprint density at radius 2 is 1.71 bits per heavy atom. The zero-order chi connectivity index (χ0) is 20.0. The molecule has 1 saturated heterocycles. The second-order valence-corrected chi connectivity index (χ2v) is 9.83. The van der Waals surface area contributed by atoms with E-state index in [-0.39, 0.29) is 17.5 Å². The van der Waals surface area contributed by atoms with Crippen LogP contribution in [0.2, 0.25) is 0 Å². The minimum absolute atomic E-state index is 0.0391. The topological polar surface area (TPSA) is 69.7 Å². The first-order valence-corrected chi connectivity index (χ1v) is 11.8. The molecule has 1 heterocycles. The Kier molecular flexibility index (Phi) is 7.29. The highest BCUT2D eigenvalue weighted by atomic mass is 32.2. The van der Waals surface area contributed by atoms with Crippen LogP contribution in [0.25, 0.3) is 0 Å². The molecule has 28 heavy (non-hydrogen) atoms. The van der Waals surface area contributed by atoms with Crippen LogP contribution < -0.4 is 10.2 Å². The van der Waals surface area contributed by atoms with Gasteiger partial charge in [-0.05, 0) is 49.4 Å². The van der Waals surface area contributed by atoms with Crippen molar-refractivity contribution in [1.29, 1.82) is 0 Å². The third kappa shape index (κ3) is 5.91. The van der Waals surface area contributed by atoms with E-state index in [1.807, 2.05) is 0 Å². The SMILES string of the molecule is O=C(CC1CCCC1)NCCCS(=O)(=O)N1CCN(c2ccc(F)cc2)CC1. The van der Waals surface area contributed by atoms with Crippen LogP contribution in [0.3, 0.4) is 0 Å². The minimum atomic E-state index is -3.32. The molecule has 0 bridgehead atoms. The lowest BCUT2D eigenvalue weighted by Gasteiger charge is -2.35. The van der Waals surface area contributed by atoms with Crippen molar-refractivity contribution in [3.63, 3.8) is 0 Å². The van der Waals surface area contributed by atoms with Gasteiger partial charge in [-0.3, -0.25) is 4.79 Å². The van der Waals surface area contributed by atoms with E-state index in [1.165, 1.54) is 29.3 Å². The van der Waals surface area contributed by atoms with E-state index >= 15 is 0 Å². The largest absolute Gasteiger partial charge is 0.369 e. The van der Waals surface area contributed by atoms with Crippen molar-refractivity contribution in [2.75, 3.05) is 43.4 Å². The second-order valence-electron chi connectivity index (χ2n) is 7.74. The molecule has 0 atom stereocenters. The van der Waals surface area contributed by atoms with Gasteiger partial charge in [-0.1, -0.05) is 12.8 Å². The number of carbonyl (C=O) groups is 1. The molecular weight excluding hydrogens is 381 g/mol. The van der Waals surface area contributed by atoms with Gasteiger partial charge in [0.25, 0.3) is 0 Å². The molecule has 3 rings (SSSR count). The maximum atomic E-state index is 13.0. The minimum Gasteiger partial charge on any atom is -0.369 e. The van der Waals surface area contributed by atoms with E-state index in [9.17, 15) is 17.6 Å². The number of anilines is 1. The lowest BCUT2D eigenvalue weighted by atomic mass is 10.0. The van der Waals surface area contributed by atoms with E-state index in [4.69, 9.17) is 0 Å². The molecule has 1 aromatic carbocycles. The molecule has 1 N–H and O–H groups in total. The summed E-state index contributed by atoms with van der Waals surface area (Å²) in [6.07, 6.45) is 5.68. The van der Waals surface area contributed by atoms with Gasteiger partial charge in [0.05, 0.1) is 5.75 Å². The van der Waals surface area contributed by atoms with Crippen molar-refractivity contribution in [1.82, 2.24) is 9.62 Å². The van der Waals surface area contributed by atoms with Crippen LogP contribution in [0.1, 0.15) is 38.5 Å². The van der Waals surface area contributed by atoms with Crippen LogP contribution in [-0.4, -0.2) is 57.1 Å². The van der Waals surface area contributed by atoms with Crippen LogP contribution >= 0.6 is 0 Å². The normalized spacial score (nSPS) is 19.1. The molecule has 2 fully saturated rings. The smallest absolute Gasteiger partial charge is 0.220 e. The second kappa shape index (κ2) is 9.69. The summed E-state index contributed by atoms with van der Waals surface area (Å²) < 4.78 is 39.6. The lowest BCUT2D eigenvalue weighted by molar-refractivity contribution is -0.121. The number of halogens is 1. The molecule has 0 unspecified atom stereocenters. The van der Waals surface area contributed by atoms with E-state index < -0.39 is 10.0 Å². The van der Waals surface area contributed by atoms with Gasteiger partial charge in [-0.15, -0.1) is 0 Å². The number of nitrogens with one attached hydrogen (secondary N) is 1. The monoisotopic (exact) mass is 411 g/mol. The summed E-state index contributed by atoms with van der Waals surface area (Å²) in [7, 11) is -3.32. The first kappa shape index (κ1) is 21.0. The van der Waals surface area contributed by atoms with Crippen molar-refractivity contribution < 1.29 is 17.6 Å². The molecule has 156 valence electrons. The summed E-state index contributed by atoms with van der Waals surface area (Å²) in [5, 5.41) is 2.86. The van der Waals surface area contributed by atoms with Crippen LogP contribution in [-0.2, 0) is 14.8 Å². The van der Waals surface area contributed by atoms with E-state index in [0.717, 1.165) is 18.5 Å². The number of benzene rings is 1. The number of hydrogen-bond donors (Lipinski definition) is 1. The Bertz CT molecular complexity index is 740. The predicted octanol–water partition coefficient (Wildman–Crippen LogP) is 2.36. The first-order valence-electron chi connectivity index (χ1n) is 10.2. The summed E-state index contributed by atoms with van der Waals surface area (Å²) in [5.74, 6) is 0.311. The first-order chi connectivity index (χ1) is 13.4. The van der Waals surface area contributed by atoms with Gasteiger partial charge in [0.2, 0.25) is 15.9 Å². The Balaban J connectivity index is 1.36. The zero-order valence-electron chi connectivity index (χ0n) is 16.3. The van der Waals surface area contributed by atoms with Crippen molar-refractivity contribution in [3.05, 3.63) is 30.1 Å². The molecule has 1 aliphatic carbocycles. The molecule has 2 aliphatic rings. The number of amides is 1. The van der Waals surface area contributed by atoms with Crippen molar-refractivity contribution in [2.45, 2.75) is 38.5 Å². The Morgan fingerprint density at radius 1 is 1.07 bits per heavy atom. The standard InChI is InChI=1S/C20H30FN3O3S/c21-18-6-8-19(9-7-18)23-11-13-24(14-12-23)28(26,27)15-3-10-22-20(25)16-17-4-1-2-5-17/h6-9,17H,1-5,10-16H2,(H,22,25). The van der Waals surface area contributed by atoms with Crippen molar-refractivity contribution >= 4 is 21.6 Å². The quantitative estimate of drug-likeness (QED) is 0.667. The Labute approximate surface area is 167 Å². The summed E-state index contributed by atoms with van der Waals surface area (Å²) in [6.45, 7) is 2.42. The number of carbonyl (C=O) groups excluding carboxylic acids is 1. The molecule has 0 radical (unpaired) electrons. The Hall–Kier alpha value is -1.67. The van der Waals surface area contributed by atoms with Crippen LogP contribution in [0.15, 0.2) is 24.3 Å². The fraction of sp³-hybridized carbons (Fsp3) is 0.650. The highest BCUT2D eigenvalue weighted by Gasteiger charge is 2.26. The van der Waals surface area contributed by atoms with Gasteiger partial charge < -0.3 is 10.2 Å². The number of rotatable bonds is 8. The molecule has 1 saturated carbocycles. The van der Waals surface area contributed by atoms with Crippen LogP contribution in [0.4, 0.5) is 10.1 Å². The average molecular weight is 412 g/mol. The van der Waals surface area contributed by atoms with Gasteiger partial charge in [0, 0.05) is 44.8 Å². The van der Waals surface area contributed by atoms with Gasteiger partial charge in [0.1, 0.15) is 5.82 Å².